The van der Waals surface area contributed by atoms with E-state index < -0.39 is 0 Å². The minimum atomic E-state index is -0.213. The summed E-state index contributed by atoms with van der Waals surface area (Å²) in [6.45, 7) is 0.193. The number of nitrogens with zero attached hydrogens (tertiary/aromatic N) is 5. The maximum absolute atomic E-state index is 13.1. The van der Waals surface area contributed by atoms with Gasteiger partial charge < -0.3 is 4.74 Å². The van der Waals surface area contributed by atoms with Gasteiger partial charge in [-0.2, -0.15) is 14.6 Å². The first-order chi connectivity index (χ1) is 17.2. The van der Waals surface area contributed by atoms with E-state index in [4.69, 9.17) is 9.84 Å². The van der Waals surface area contributed by atoms with Crippen LogP contribution in [0.25, 0.3) is 28.0 Å². The molecule has 0 bridgehead atoms. The average Bonchev–Trinajstić information content (AvgIpc) is 3.59. The second kappa shape index (κ2) is 9.00. The first kappa shape index (κ1) is 21.0. The highest BCUT2D eigenvalue weighted by Crippen LogP contribution is 2.24. The van der Waals surface area contributed by atoms with Crippen molar-refractivity contribution in [3.8, 4) is 22.7 Å². The van der Waals surface area contributed by atoms with E-state index in [1.807, 2.05) is 108 Å². The molecule has 0 amide bonds. The molecule has 35 heavy (non-hydrogen) atoms. The Bertz CT molecular complexity index is 1710. The van der Waals surface area contributed by atoms with Gasteiger partial charge in [-0.1, -0.05) is 78.1 Å². The largest absolute Gasteiger partial charge is 0.486 e. The molecular formula is C27H19N5O2S. The van der Waals surface area contributed by atoms with Crippen LogP contribution in [0, 0.1) is 0 Å². The van der Waals surface area contributed by atoms with Crippen molar-refractivity contribution in [2.45, 2.75) is 6.61 Å². The van der Waals surface area contributed by atoms with Crippen LogP contribution >= 0.6 is 11.3 Å². The highest BCUT2D eigenvalue weighted by molar-refractivity contribution is 7.15. The van der Waals surface area contributed by atoms with Crippen molar-refractivity contribution in [2.75, 3.05) is 0 Å². The number of hydrogen-bond acceptors (Lipinski definition) is 6. The smallest absolute Gasteiger partial charge is 0.291 e. The predicted molar refractivity (Wildman–Crippen MR) is 136 cm³/mol. The number of aromatic nitrogens is 5. The van der Waals surface area contributed by atoms with E-state index in [9.17, 15) is 4.79 Å². The molecule has 0 unspecified atom stereocenters. The van der Waals surface area contributed by atoms with E-state index in [-0.39, 0.29) is 12.2 Å². The van der Waals surface area contributed by atoms with Gasteiger partial charge in [0, 0.05) is 17.3 Å². The standard InChI is InChI=1S/C27H19N5O2S/c33-26-23(35-27-28-24(29-32(26)27)18-34-22-14-8-3-9-15-22)16-20-17-31(21-12-6-2-7-13-21)30-25(20)19-10-4-1-5-11-19/h1-17H,18H2/b23-16-. The fraction of sp³-hybridized carbons (Fsp3) is 0.0370. The third-order valence-corrected chi connectivity index (χ3v) is 6.39. The van der Waals surface area contributed by atoms with Gasteiger partial charge in [-0.25, -0.2) is 4.68 Å². The minimum absolute atomic E-state index is 0.193. The lowest BCUT2D eigenvalue weighted by Gasteiger charge is -2.01. The summed E-state index contributed by atoms with van der Waals surface area (Å²) < 4.78 is 9.42. The maximum atomic E-state index is 13.1. The lowest BCUT2D eigenvalue weighted by molar-refractivity contribution is 0.296. The number of ether oxygens (including phenoxy) is 1. The Kier molecular flexibility index (Phi) is 5.40. The summed E-state index contributed by atoms with van der Waals surface area (Å²) in [6, 6.07) is 29.3. The van der Waals surface area contributed by atoms with Crippen LogP contribution in [0.4, 0.5) is 0 Å². The van der Waals surface area contributed by atoms with Gasteiger partial charge in [-0.05, 0) is 30.3 Å². The fourth-order valence-electron chi connectivity index (χ4n) is 3.77. The Morgan fingerprint density at radius 2 is 1.54 bits per heavy atom. The number of thiazole rings is 1. The molecule has 0 spiro atoms. The van der Waals surface area contributed by atoms with Crippen LogP contribution < -0.4 is 14.8 Å². The molecule has 3 heterocycles. The van der Waals surface area contributed by atoms with Gasteiger partial charge >= 0.3 is 0 Å². The molecule has 6 rings (SSSR count). The van der Waals surface area contributed by atoms with E-state index >= 15 is 0 Å². The first-order valence-electron chi connectivity index (χ1n) is 11.0. The number of benzene rings is 3. The van der Waals surface area contributed by atoms with E-state index in [1.165, 1.54) is 15.9 Å². The van der Waals surface area contributed by atoms with Gasteiger partial charge in [0.1, 0.15) is 12.4 Å². The van der Waals surface area contributed by atoms with E-state index in [1.54, 1.807) is 0 Å². The molecule has 0 atom stereocenters. The third-order valence-electron chi connectivity index (χ3n) is 5.43. The molecule has 0 N–H and O–H groups in total. The molecule has 0 aliphatic carbocycles. The molecule has 3 aromatic heterocycles. The Morgan fingerprint density at radius 3 is 2.26 bits per heavy atom. The van der Waals surface area contributed by atoms with Crippen molar-refractivity contribution in [3.05, 3.63) is 123 Å². The van der Waals surface area contributed by atoms with Crippen molar-refractivity contribution in [1.29, 1.82) is 0 Å². The van der Waals surface area contributed by atoms with Crippen molar-refractivity contribution in [1.82, 2.24) is 24.4 Å². The summed E-state index contributed by atoms with van der Waals surface area (Å²) >= 11 is 1.30. The molecule has 6 aromatic rings. The third kappa shape index (κ3) is 4.22. The van der Waals surface area contributed by atoms with Crippen LogP contribution in [-0.2, 0) is 6.61 Å². The van der Waals surface area contributed by atoms with Gasteiger partial charge in [0.15, 0.2) is 5.82 Å². The summed E-state index contributed by atoms with van der Waals surface area (Å²) in [7, 11) is 0. The van der Waals surface area contributed by atoms with Crippen molar-refractivity contribution >= 4 is 22.4 Å². The van der Waals surface area contributed by atoms with Gasteiger partial charge in [0.2, 0.25) is 4.96 Å². The highest BCUT2D eigenvalue weighted by atomic mass is 32.1. The first-order valence-corrected chi connectivity index (χ1v) is 11.8. The Balaban J connectivity index is 1.38. The van der Waals surface area contributed by atoms with Crippen molar-refractivity contribution in [3.63, 3.8) is 0 Å². The second-order valence-corrected chi connectivity index (χ2v) is 8.83. The molecule has 0 saturated heterocycles. The van der Waals surface area contributed by atoms with Gasteiger partial charge in [-0.15, -0.1) is 5.10 Å². The van der Waals surface area contributed by atoms with Crippen molar-refractivity contribution in [2.24, 2.45) is 0 Å². The molecular weight excluding hydrogens is 458 g/mol. The quantitative estimate of drug-likeness (QED) is 0.361. The molecule has 0 radical (unpaired) electrons. The Morgan fingerprint density at radius 1 is 0.857 bits per heavy atom. The van der Waals surface area contributed by atoms with Crippen LogP contribution in [0.1, 0.15) is 11.4 Å². The van der Waals surface area contributed by atoms with Crippen LogP contribution in [0.2, 0.25) is 0 Å². The summed E-state index contributed by atoms with van der Waals surface area (Å²) in [4.78, 5) is 18.1. The van der Waals surface area contributed by atoms with Crippen LogP contribution in [0.3, 0.4) is 0 Å². The zero-order valence-electron chi connectivity index (χ0n) is 18.5. The molecule has 0 aliphatic rings. The van der Waals surface area contributed by atoms with Crippen LogP contribution in [-0.4, -0.2) is 24.4 Å². The average molecular weight is 478 g/mol. The lowest BCUT2D eigenvalue weighted by atomic mass is 10.1. The zero-order chi connectivity index (χ0) is 23.6. The SMILES string of the molecule is O=c1/c(=C/c2cn(-c3ccccc3)nc2-c2ccccc2)sc2nc(COc3ccccc3)nn12. The fourth-order valence-corrected chi connectivity index (χ4v) is 4.69. The molecule has 3 aromatic carbocycles. The maximum Gasteiger partial charge on any atom is 0.291 e. The van der Waals surface area contributed by atoms with Gasteiger partial charge in [0.05, 0.1) is 15.9 Å². The minimum Gasteiger partial charge on any atom is -0.486 e. The highest BCUT2D eigenvalue weighted by Gasteiger charge is 2.14. The summed E-state index contributed by atoms with van der Waals surface area (Å²) in [5.74, 6) is 1.19. The van der Waals surface area contributed by atoms with E-state index in [0.29, 0.717) is 15.3 Å². The number of fused-ring (bicyclic) bond motifs is 1. The molecule has 0 saturated carbocycles. The van der Waals surface area contributed by atoms with Crippen LogP contribution in [0.15, 0.2) is 102 Å². The number of rotatable bonds is 6. The lowest BCUT2D eigenvalue weighted by Crippen LogP contribution is -2.24. The monoisotopic (exact) mass is 477 g/mol. The zero-order valence-corrected chi connectivity index (χ0v) is 19.3. The number of hydrogen-bond donors (Lipinski definition) is 0. The van der Waals surface area contributed by atoms with E-state index in [2.05, 4.69) is 10.1 Å². The normalized spacial score (nSPS) is 11.8. The van der Waals surface area contributed by atoms with Crippen molar-refractivity contribution < 1.29 is 4.74 Å². The van der Waals surface area contributed by atoms with Crippen LogP contribution in [0.5, 0.6) is 5.75 Å². The second-order valence-electron chi connectivity index (χ2n) is 7.82. The number of para-hydroxylation sites is 2. The van der Waals surface area contributed by atoms with Gasteiger partial charge in [0.25, 0.3) is 5.56 Å². The molecule has 170 valence electrons. The summed E-state index contributed by atoms with van der Waals surface area (Å²) in [6.07, 6.45) is 3.80. The van der Waals surface area contributed by atoms with Gasteiger partial charge in [-0.3, -0.25) is 4.79 Å². The summed E-state index contributed by atoms with van der Waals surface area (Å²) in [5, 5.41) is 9.18. The molecule has 0 aliphatic heterocycles. The molecule has 8 heteroatoms. The predicted octanol–water partition coefficient (Wildman–Crippen LogP) is 4.13. The Hall–Kier alpha value is -4.56. The van der Waals surface area contributed by atoms with E-state index in [0.717, 1.165) is 28.3 Å². The molecule has 0 fully saturated rings. The Labute approximate surface area is 204 Å². The summed E-state index contributed by atoms with van der Waals surface area (Å²) in [5.41, 5.74) is 3.34. The topological polar surface area (TPSA) is 74.3 Å². The molecule has 7 nitrogen and oxygen atoms in total.